The lowest BCUT2D eigenvalue weighted by Crippen LogP contribution is -2.42. The molecule has 1 fully saturated rings. The molecule has 106 valence electrons. The normalized spacial score (nSPS) is 18.0. The zero-order valence-electron chi connectivity index (χ0n) is 11.2. The molecule has 0 saturated carbocycles. The lowest BCUT2D eigenvalue weighted by Gasteiger charge is -2.28. The van der Waals surface area contributed by atoms with Gasteiger partial charge >= 0.3 is 0 Å². The number of nitrogens with zero attached hydrogens (tertiary/aromatic N) is 1. The molecule has 0 unspecified atom stereocenters. The highest BCUT2D eigenvalue weighted by atomic mass is 16.5. The maximum atomic E-state index is 9.95. The molecule has 0 bridgehead atoms. The number of aliphatic hydroxyl groups excluding tert-OH is 1. The Morgan fingerprint density at radius 3 is 2.79 bits per heavy atom. The number of morpholine rings is 1. The van der Waals surface area contributed by atoms with E-state index in [-0.39, 0.29) is 6.61 Å². The first-order chi connectivity index (χ1) is 9.28. The summed E-state index contributed by atoms with van der Waals surface area (Å²) >= 11 is 0. The van der Waals surface area contributed by atoms with Crippen LogP contribution in [0.15, 0.2) is 24.3 Å². The van der Waals surface area contributed by atoms with Gasteiger partial charge in [0.15, 0.2) is 0 Å². The van der Waals surface area contributed by atoms with E-state index in [0.29, 0.717) is 12.3 Å². The van der Waals surface area contributed by atoms with Gasteiger partial charge < -0.3 is 19.3 Å². The van der Waals surface area contributed by atoms with E-state index in [4.69, 9.17) is 14.2 Å². The first-order valence-electron chi connectivity index (χ1n) is 6.53. The molecule has 0 aliphatic carbocycles. The molecule has 5 heteroatoms. The van der Waals surface area contributed by atoms with Crippen LogP contribution in [-0.4, -0.2) is 62.7 Å². The van der Waals surface area contributed by atoms with Gasteiger partial charge in [-0.1, -0.05) is 6.07 Å². The highest BCUT2D eigenvalue weighted by Gasteiger charge is 2.15. The van der Waals surface area contributed by atoms with E-state index >= 15 is 0 Å². The number of benzene rings is 1. The Bertz CT molecular complexity index is 379. The summed E-state index contributed by atoms with van der Waals surface area (Å²) < 4.78 is 16.0. The number of rotatable bonds is 6. The van der Waals surface area contributed by atoms with Gasteiger partial charge in [-0.05, 0) is 12.1 Å². The number of hydrogen-bond donors (Lipinski definition) is 1. The lowest BCUT2D eigenvalue weighted by molar-refractivity contribution is 0.00464. The van der Waals surface area contributed by atoms with Crippen molar-refractivity contribution in [2.24, 2.45) is 0 Å². The number of methoxy groups -OCH3 is 1. The first kappa shape index (κ1) is 14.1. The molecule has 1 heterocycles. The molecule has 5 nitrogen and oxygen atoms in total. The molecule has 1 aliphatic rings. The quantitative estimate of drug-likeness (QED) is 0.825. The Morgan fingerprint density at radius 2 is 2.05 bits per heavy atom. The Labute approximate surface area is 113 Å². The van der Waals surface area contributed by atoms with Crippen LogP contribution >= 0.6 is 0 Å². The summed E-state index contributed by atoms with van der Waals surface area (Å²) in [4.78, 5) is 2.18. The predicted molar refractivity (Wildman–Crippen MR) is 71.8 cm³/mol. The van der Waals surface area contributed by atoms with Crippen LogP contribution in [0.25, 0.3) is 0 Å². The van der Waals surface area contributed by atoms with Gasteiger partial charge in [-0.2, -0.15) is 0 Å². The third kappa shape index (κ3) is 4.70. The van der Waals surface area contributed by atoms with Gasteiger partial charge in [0.25, 0.3) is 0 Å². The average molecular weight is 267 g/mol. The lowest BCUT2D eigenvalue weighted by atomic mass is 10.3. The molecule has 1 N–H and O–H groups in total. The molecule has 1 aliphatic heterocycles. The molecule has 0 radical (unpaired) electrons. The summed E-state index contributed by atoms with van der Waals surface area (Å²) in [5.41, 5.74) is 0. The van der Waals surface area contributed by atoms with Crippen molar-refractivity contribution < 1.29 is 19.3 Å². The van der Waals surface area contributed by atoms with E-state index in [2.05, 4.69) is 4.90 Å². The highest BCUT2D eigenvalue weighted by Crippen LogP contribution is 2.18. The van der Waals surface area contributed by atoms with Crippen molar-refractivity contribution in [2.45, 2.75) is 6.10 Å². The van der Waals surface area contributed by atoms with Crippen molar-refractivity contribution in [1.29, 1.82) is 0 Å². The molecule has 1 aromatic rings. The van der Waals surface area contributed by atoms with Crippen molar-refractivity contribution in [3.05, 3.63) is 24.3 Å². The minimum Gasteiger partial charge on any atom is -0.497 e. The molecule has 2 rings (SSSR count). The first-order valence-corrected chi connectivity index (χ1v) is 6.53. The molecule has 1 atom stereocenters. The number of aliphatic hydroxyl groups is 1. The Morgan fingerprint density at radius 1 is 1.32 bits per heavy atom. The average Bonchev–Trinajstić information content (AvgIpc) is 2.46. The molecule has 1 saturated heterocycles. The molecule has 1 aromatic carbocycles. The van der Waals surface area contributed by atoms with Crippen LogP contribution < -0.4 is 9.47 Å². The van der Waals surface area contributed by atoms with E-state index in [1.165, 1.54) is 0 Å². The zero-order chi connectivity index (χ0) is 13.5. The number of hydrogen-bond acceptors (Lipinski definition) is 5. The molecular weight excluding hydrogens is 246 g/mol. The monoisotopic (exact) mass is 267 g/mol. The van der Waals surface area contributed by atoms with Crippen LogP contribution in [0.5, 0.6) is 11.5 Å². The fourth-order valence-electron chi connectivity index (χ4n) is 2.02. The summed E-state index contributed by atoms with van der Waals surface area (Å²) in [5, 5.41) is 9.95. The second-order valence-corrected chi connectivity index (χ2v) is 4.56. The van der Waals surface area contributed by atoms with Gasteiger partial charge in [0, 0.05) is 25.7 Å². The Balaban J connectivity index is 1.74. The van der Waals surface area contributed by atoms with Gasteiger partial charge in [-0.3, -0.25) is 4.90 Å². The van der Waals surface area contributed by atoms with Gasteiger partial charge in [-0.15, -0.1) is 0 Å². The molecule has 0 aromatic heterocycles. The third-order valence-corrected chi connectivity index (χ3v) is 3.06. The van der Waals surface area contributed by atoms with Crippen molar-refractivity contribution in [1.82, 2.24) is 4.90 Å². The Kier molecular flexibility index (Phi) is 5.44. The number of β-amino-alcohol motifs (C(OH)–C–C–N with tert-alkyl or cyclic N) is 1. The third-order valence-electron chi connectivity index (χ3n) is 3.06. The van der Waals surface area contributed by atoms with Crippen LogP contribution in [0.2, 0.25) is 0 Å². The van der Waals surface area contributed by atoms with Crippen LogP contribution in [-0.2, 0) is 4.74 Å². The van der Waals surface area contributed by atoms with Crippen molar-refractivity contribution >= 4 is 0 Å². The van der Waals surface area contributed by atoms with Crippen LogP contribution in [0.1, 0.15) is 0 Å². The van der Waals surface area contributed by atoms with E-state index in [1.54, 1.807) is 13.2 Å². The van der Waals surface area contributed by atoms with E-state index in [0.717, 1.165) is 32.1 Å². The van der Waals surface area contributed by atoms with Gasteiger partial charge in [0.2, 0.25) is 0 Å². The van der Waals surface area contributed by atoms with Crippen LogP contribution in [0.3, 0.4) is 0 Å². The Hall–Kier alpha value is -1.30. The number of ether oxygens (including phenoxy) is 3. The van der Waals surface area contributed by atoms with Crippen molar-refractivity contribution in [2.75, 3.05) is 46.6 Å². The largest absolute Gasteiger partial charge is 0.497 e. The summed E-state index contributed by atoms with van der Waals surface area (Å²) in [6.07, 6.45) is -0.496. The SMILES string of the molecule is COc1cccc(OC[C@@H](O)CN2CCOCC2)c1. The molecule has 19 heavy (non-hydrogen) atoms. The zero-order valence-corrected chi connectivity index (χ0v) is 11.2. The van der Waals surface area contributed by atoms with E-state index in [9.17, 15) is 5.11 Å². The minimum atomic E-state index is -0.496. The highest BCUT2D eigenvalue weighted by molar-refractivity contribution is 5.32. The predicted octanol–water partition coefficient (Wildman–Crippen LogP) is 0.767. The van der Waals surface area contributed by atoms with Crippen molar-refractivity contribution in [3.63, 3.8) is 0 Å². The van der Waals surface area contributed by atoms with Gasteiger partial charge in [0.05, 0.1) is 20.3 Å². The van der Waals surface area contributed by atoms with E-state index < -0.39 is 6.10 Å². The summed E-state index contributed by atoms with van der Waals surface area (Å²) in [7, 11) is 1.62. The molecule has 0 amide bonds. The smallest absolute Gasteiger partial charge is 0.123 e. The second-order valence-electron chi connectivity index (χ2n) is 4.56. The fourth-order valence-corrected chi connectivity index (χ4v) is 2.02. The maximum Gasteiger partial charge on any atom is 0.123 e. The summed E-state index contributed by atoms with van der Waals surface area (Å²) in [5.74, 6) is 1.46. The summed E-state index contributed by atoms with van der Waals surface area (Å²) in [6.45, 7) is 4.12. The topological polar surface area (TPSA) is 51.2 Å². The molecule has 0 spiro atoms. The van der Waals surface area contributed by atoms with Crippen molar-refractivity contribution in [3.8, 4) is 11.5 Å². The molecular formula is C14H21NO4. The van der Waals surface area contributed by atoms with Crippen LogP contribution in [0.4, 0.5) is 0 Å². The summed E-state index contributed by atoms with van der Waals surface area (Å²) in [6, 6.07) is 7.38. The van der Waals surface area contributed by atoms with Gasteiger partial charge in [0.1, 0.15) is 24.2 Å². The standard InChI is InChI=1S/C14H21NO4/c1-17-13-3-2-4-14(9-13)19-11-12(16)10-15-5-7-18-8-6-15/h2-4,9,12,16H,5-8,10-11H2,1H3/t12-/m0/s1. The second kappa shape index (κ2) is 7.33. The van der Waals surface area contributed by atoms with Crippen LogP contribution in [0, 0.1) is 0 Å². The minimum absolute atomic E-state index is 0.282. The maximum absolute atomic E-state index is 9.95. The van der Waals surface area contributed by atoms with E-state index in [1.807, 2.05) is 18.2 Å². The van der Waals surface area contributed by atoms with Gasteiger partial charge in [-0.25, -0.2) is 0 Å². The fraction of sp³-hybridized carbons (Fsp3) is 0.571.